The van der Waals surface area contributed by atoms with E-state index in [-0.39, 0.29) is 0 Å². The predicted molar refractivity (Wildman–Crippen MR) is 78.0 cm³/mol. The molecule has 0 bridgehead atoms. The van der Waals surface area contributed by atoms with E-state index in [1.807, 2.05) is 0 Å². The molecule has 0 aromatic carbocycles. The van der Waals surface area contributed by atoms with Crippen molar-refractivity contribution in [2.45, 2.75) is 65.7 Å². The monoisotopic (exact) mass is 256 g/mol. The molecule has 0 saturated carbocycles. The molecule has 1 aliphatic heterocycles. The average molecular weight is 256 g/mol. The zero-order chi connectivity index (χ0) is 13.5. The van der Waals surface area contributed by atoms with Crippen LogP contribution in [0.15, 0.2) is 0 Å². The first-order chi connectivity index (χ1) is 8.56. The third-order valence-corrected chi connectivity index (χ3v) is 3.94. The van der Waals surface area contributed by atoms with Crippen LogP contribution in [0.25, 0.3) is 0 Å². The molecule has 0 spiro atoms. The van der Waals surface area contributed by atoms with E-state index in [9.17, 15) is 0 Å². The predicted octanol–water partition coefficient (Wildman–Crippen LogP) is 2.51. The minimum Gasteiger partial charge on any atom is -0.373 e. The maximum absolute atomic E-state index is 5.80. The second kappa shape index (κ2) is 8.13. The fraction of sp³-hybridized carbons (Fsp3) is 1.00. The molecule has 0 amide bonds. The van der Waals surface area contributed by atoms with E-state index in [2.05, 4.69) is 44.8 Å². The Morgan fingerprint density at radius 1 is 1.22 bits per heavy atom. The van der Waals surface area contributed by atoms with Gasteiger partial charge in [-0.25, -0.2) is 0 Å². The van der Waals surface area contributed by atoms with Gasteiger partial charge in [-0.2, -0.15) is 0 Å². The SMILES string of the molecule is CCCNC(CN1CC(C)OC(C)C1)C(C)CC. The lowest BCUT2D eigenvalue weighted by Gasteiger charge is -2.38. The maximum atomic E-state index is 5.80. The summed E-state index contributed by atoms with van der Waals surface area (Å²) in [7, 11) is 0. The van der Waals surface area contributed by atoms with Crippen LogP contribution >= 0.6 is 0 Å². The second-order valence-electron chi connectivity index (χ2n) is 5.92. The topological polar surface area (TPSA) is 24.5 Å². The van der Waals surface area contributed by atoms with Crippen molar-refractivity contribution in [2.24, 2.45) is 5.92 Å². The van der Waals surface area contributed by atoms with Crippen LogP contribution in [0, 0.1) is 5.92 Å². The Bertz CT molecular complexity index is 213. The number of morpholine rings is 1. The average Bonchev–Trinajstić information content (AvgIpc) is 2.32. The minimum atomic E-state index is 0.373. The summed E-state index contributed by atoms with van der Waals surface area (Å²) in [5.41, 5.74) is 0. The van der Waals surface area contributed by atoms with Crippen molar-refractivity contribution in [3.8, 4) is 0 Å². The Morgan fingerprint density at radius 3 is 2.33 bits per heavy atom. The molecule has 4 atom stereocenters. The Hall–Kier alpha value is -0.120. The molecule has 0 aliphatic carbocycles. The number of hydrogen-bond donors (Lipinski definition) is 1. The van der Waals surface area contributed by atoms with E-state index in [4.69, 9.17) is 4.74 Å². The Labute approximate surface area is 113 Å². The molecule has 1 fully saturated rings. The summed E-state index contributed by atoms with van der Waals surface area (Å²) in [5.74, 6) is 0.741. The molecule has 108 valence electrons. The van der Waals surface area contributed by atoms with Gasteiger partial charge >= 0.3 is 0 Å². The van der Waals surface area contributed by atoms with Gasteiger partial charge in [0.15, 0.2) is 0 Å². The van der Waals surface area contributed by atoms with E-state index in [1.165, 1.54) is 12.8 Å². The quantitative estimate of drug-likeness (QED) is 0.757. The van der Waals surface area contributed by atoms with Gasteiger partial charge in [-0.05, 0) is 32.7 Å². The van der Waals surface area contributed by atoms with Gasteiger partial charge in [0.1, 0.15) is 0 Å². The highest BCUT2D eigenvalue weighted by atomic mass is 16.5. The van der Waals surface area contributed by atoms with Gasteiger partial charge < -0.3 is 10.1 Å². The largest absolute Gasteiger partial charge is 0.373 e. The summed E-state index contributed by atoms with van der Waals surface area (Å²) in [6.45, 7) is 15.7. The third kappa shape index (κ3) is 5.25. The molecule has 0 aromatic rings. The van der Waals surface area contributed by atoms with E-state index in [0.29, 0.717) is 18.2 Å². The number of nitrogens with zero attached hydrogens (tertiary/aromatic N) is 1. The van der Waals surface area contributed by atoms with Crippen LogP contribution in [0.5, 0.6) is 0 Å². The van der Waals surface area contributed by atoms with Crippen molar-refractivity contribution in [1.29, 1.82) is 0 Å². The van der Waals surface area contributed by atoms with Crippen LogP contribution in [-0.2, 0) is 4.74 Å². The van der Waals surface area contributed by atoms with Crippen LogP contribution in [0.3, 0.4) is 0 Å². The van der Waals surface area contributed by atoms with Gasteiger partial charge in [0.05, 0.1) is 12.2 Å². The summed E-state index contributed by atoms with van der Waals surface area (Å²) < 4.78 is 5.80. The van der Waals surface area contributed by atoms with Crippen molar-refractivity contribution in [3.63, 3.8) is 0 Å². The van der Waals surface area contributed by atoms with Gasteiger partial charge in [-0.15, -0.1) is 0 Å². The molecular formula is C15H32N2O. The van der Waals surface area contributed by atoms with Gasteiger partial charge in [-0.3, -0.25) is 4.90 Å². The third-order valence-electron chi connectivity index (χ3n) is 3.94. The number of hydrogen-bond acceptors (Lipinski definition) is 3. The Kier molecular flexibility index (Phi) is 7.20. The molecular weight excluding hydrogens is 224 g/mol. The van der Waals surface area contributed by atoms with Crippen molar-refractivity contribution < 1.29 is 4.74 Å². The standard InChI is InChI=1S/C15H32N2O/c1-6-8-16-15(12(3)7-2)11-17-9-13(4)18-14(5)10-17/h12-16H,6-11H2,1-5H3. The first-order valence-corrected chi connectivity index (χ1v) is 7.67. The molecule has 0 radical (unpaired) electrons. The lowest BCUT2D eigenvalue weighted by atomic mass is 9.98. The number of ether oxygens (including phenoxy) is 1. The highest BCUT2D eigenvalue weighted by Crippen LogP contribution is 2.15. The number of rotatable bonds is 7. The molecule has 1 N–H and O–H groups in total. The first kappa shape index (κ1) is 15.9. The zero-order valence-electron chi connectivity index (χ0n) is 12.9. The van der Waals surface area contributed by atoms with Crippen LogP contribution in [0.2, 0.25) is 0 Å². The summed E-state index contributed by atoms with van der Waals surface area (Å²) in [6.07, 6.45) is 3.20. The molecule has 3 heteroatoms. The van der Waals surface area contributed by atoms with Crippen molar-refractivity contribution in [2.75, 3.05) is 26.2 Å². The molecule has 1 saturated heterocycles. The number of nitrogens with one attached hydrogen (secondary N) is 1. The summed E-state index contributed by atoms with van der Waals surface area (Å²) in [6, 6.07) is 0.618. The Morgan fingerprint density at radius 2 is 1.83 bits per heavy atom. The van der Waals surface area contributed by atoms with Gasteiger partial charge in [0, 0.05) is 25.7 Å². The van der Waals surface area contributed by atoms with E-state index < -0.39 is 0 Å². The zero-order valence-corrected chi connectivity index (χ0v) is 12.9. The lowest BCUT2D eigenvalue weighted by molar-refractivity contribution is -0.0710. The molecule has 0 aromatic heterocycles. The van der Waals surface area contributed by atoms with Crippen LogP contribution in [0.4, 0.5) is 0 Å². The van der Waals surface area contributed by atoms with E-state index in [0.717, 1.165) is 32.1 Å². The summed E-state index contributed by atoms with van der Waals surface area (Å²) >= 11 is 0. The highest BCUT2D eigenvalue weighted by molar-refractivity contribution is 4.81. The Balaban J connectivity index is 2.47. The molecule has 4 unspecified atom stereocenters. The summed E-state index contributed by atoms with van der Waals surface area (Å²) in [4.78, 5) is 2.57. The fourth-order valence-electron chi connectivity index (χ4n) is 2.77. The van der Waals surface area contributed by atoms with Crippen molar-refractivity contribution in [1.82, 2.24) is 10.2 Å². The lowest BCUT2D eigenvalue weighted by Crippen LogP contribution is -2.52. The van der Waals surface area contributed by atoms with Crippen molar-refractivity contribution >= 4 is 0 Å². The molecule has 1 aliphatic rings. The van der Waals surface area contributed by atoms with Gasteiger partial charge in [0.2, 0.25) is 0 Å². The molecule has 1 rings (SSSR count). The maximum Gasteiger partial charge on any atom is 0.0678 e. The van der Waals surface area contributed by atoms with Crippen molar-refractivity contribution in [3.05, 3.63) is 0 Å². The van der Waals surface area contributed by atoms with Crippen LogP contribution in [-0.4, -0.2) is 49.3 Å². The molecule has 1 heterocycles. The fourth-order valence-corrected chi connectivity index (χ4v) is 2.77. The summed E-state index contributed by atoms with van der Waals surface area (Å²) in [5, 5.41) is 3.71. The van der Waals surface area contributed by atoms with Crippen LogP contribution < -0.4 is 5.32 Å². The minimum absolute atomic E-state index is 0.373. The molecule has 3 nitrogen and oxygen atoms in total. The first-order valence-electron chi connectivity index (χ1n) is 7.67. The van der Waals surface area contributed by atoms with Gasteiger partial charge in [0.25, 0.3) is 0 Å². The second-order valence-corrected chi connectivity index (χ2v) is 5.92. The normalized spacial score (nSPS) is 29.2. The van der Waals surface area contributed by atoms with Gasteiger partial charge in [-0.1, -0.05) is 27.2 Å². The highest BCUT2D eigenvalue weighted by Gasteiger charge is 2.25. The van der Waals surface area contributed by atoms with Crippen LogP contribution in [0.1, 0.15) is 47.5 Å². The van der Waals surface area contributed by atoms with E-state index in [1.54, 1.807) is 0 Å². The smallest absolute Gasteiger partial charge is 0.0678 e. The molecule has 18 heavy (non-hydrogen) atoms. The van der Waals surface area contributed by atoms with E-state index >= 15 is 0 Å².